The molecule has 0 aliphatic carbocycles. The number of hydrogen-bond donors (Lipinski definition) is 1. The summed E-state index contributed by atoms with van der Waals surface area (Å²) in [6.45, 7) is 2.22. The smallest absolute Gasteiger partial charge is 0.178 e. The first-order chi connectivity index (χ1) is 8.66. The maximum absolute atomic E-state index is 6.21. The molecule has 1 atom stereocenters. The Morgan fingerprint density at radius 2 is 2.28 bits per heavy atom. The zero-order valence-corrected chi connectivity index (χ0v) is 11.9. The second kappa shape index (κ2) is 4.68. The minimum absolute atomic E-state index is 0.448. The van der Waals surface area contributed by atoms with Crippen LogP contribution < -0.4 is 0 Å². The van der Waals surface area contributed by atoms with Crippen molar-refractivity contribution in [3.8, 4) is 0 Å². The highest BCUT2D eigenvalue weighted by atomic mass is 35.5. The summed E-state index contributed by atoms with van der Waals surface area (Å²) in [5.41, 5.74) is 2.07. The van der Waals surface area contributed by atoms with Crippen LogP contribution in [-0.4, -0.2) is 34.6 Å². The first kappa shape index (κ1) is 12.2. The van der Waals surface area contributed by atoms with E-state index in [-0.39, 0.29) is 0 Å². The van der Waals surface area contributed by atoms with Crippen molar-refractivity contribution >= 4 is 34.9 Å². The summed E-state index contributed by atoms with van der Waals surface area (Å²) in [5.74, 6) is 0. The van der Waals surface area contributed by atoms with Crippen molar-refractivity contribution in [3.63, 3.8) is 0 Å². The van der Waals surface area contributed by atoms with Crippen molar-refractivity contribution in [2.45, 2.75) is 18.9 Å². The molecular weight excluding hydrogens is 266 g/mol. The number of likely N-dealkylation sites (tertiary alicyclic amines) is 1. The van der Waals surface area contributed by atoms with Gasteiger partial charge in [-0.3, -0.25) is 0 Å². The molecule has 5 heteroatoms. The van der Waals surface area contributed by atoms with Crippen LogP contribution in [0.15, 0.2) is 18.2 Å². The van der Waals surface area contributed by atoms with Gasteiger partial charge in [0.15, 0.2) is 4.77 Å². The van der Waals surface area contributed by atoms with Crippen molar-refractivity contribution in [1.82, 2.24) is 14.5 Å². The number of nitrogens with one attached hydrogen (secondary N) is 1. The molecule has 1 aromatic carbocycles. The molecule has 0 saturated carbocycles. The predicted octanol–water partition coefficient (Wildman–Crippen LogP) is 3.62. The lowest BCUT2D eigenvalue weighted by atomic mass is 10.1. The van der Waals surface area contributed by atoms with E-state index >= 15 is 0 Å². The highest BCUT2D eigenvalue weighted by molar-refractivity contribution is 7.71. The van der Waals surface area contributed by atoms with E-state index in [1.54, 1.807) is 0 Å². The third-order valence-electron chi connectivity index (χ3n) is 3.67. The number of aromatic amines is 1. The lowest BCUT2D eigenvalue weighted by Gasteiger charge is -2.30. The number of rotatable bonds is 1. The molecule has 96 valence electrons. The number of fused-ring (bicyclic) bond motifs is 1. The van der Waals surface area contributed by atoms with E-state index in [9.17, 15) is 0 Å². The van der Waals surface area contributed by atoms with Crippen molar-refractivity contribution in [3.05, 3.63) is 28.0 Å². The van der Waals surface area contributed by atoms with Crippen molar-refractivity contribution in [2.24, 2.45) is 0 Å². The highest BCUT2D eigenvalue weighted by Crippen LogP contribution is 2.29. The Bertz CT molecular complexity index is 631. The van der Waals surface area contributed by atoms with Gasteiger partial charge in [0.1, 0.15) is 0 Å². The van der Waals surface area contributed by atoms with Gasteiger partial charge in [0.05, 0.1) is 16.1 Å². The highest BCUT2D eigenvalue weighted by Gasteiger charge is 2.21. The zero-order chi connectivity index (χ0) is 12.7. The summed E-state index contributed by atoms with van der Waals surface area (Å²) < 4.78 is 3.00. The number of imidazole rings is 1. The van der Waals surface area contributed by atoms with Crippen LogP contribution in [0.4, 0.5) is 0 Å². The number of nitrogens with zero attached hydrogens (tertiary/aromatic N) is 2. The molecule has 0 bridgehead atoms. The number of piperidine rings is 1. The van der Waals surface area contributed by atoms with Crippen molar-refractivity contribution in [2.75, 3.05) is 20.1 Å². The standard InChI is InChI=1S/C13H16ClN3S/c1-16-7-3-4-9(8-16)17-11-6-2-5-10(14)12(11)15-13(17)18/h2,5-6,9H,3-4,7-8H2,1H3,(H,15,18). The molecule has 1 aliphatic rings. The number of likely N-dealkylation sites (N-methyl/N-ethyl adjacent to an activating group) is 1. The van der Waals surface area contributed by atoms with Crippen LogP contribution in [0.1, 0.15) is 18.9 Å². The molecule has 0 radical (unpaired) electrons. The van der Waals surface area contributed by atoms with E-state index in [1.165, 1.54) is 19.4 Å². The van der Waals surface area contributed by atoms with E-state index in [4.69, 9.17) is 23.8 Å². The maximum Gasteiger partial charge on any atom is 0.178 e. The minimum atomic E-state index is 0.448. The molecule has 3 rings (SSSR count). The predicted molar refractivity (Wildman–Crippen MR) is 77.9 cm³/mol. The van der Waals surface area contributed by atoms with Gasteiger partial charge in [0, 0.05) is 12.6 Å². The van der Waals surface area contributed by atoms with E-state index in [0.717, 1.165) is 27.4 Å². The van der Waals surface area contributed by atoms with Gasteiger partial charge in [-0.05, 0) is 50.8 Å². The molecule has 0 spiro atoms. The first-order valence-corrected chi connectivity index (χ1v) is 7.02. The van der Waals surface area contributed by atoms with Crippen LogP contribution in [0.3, 0.4) is 0 Å². The molecule has 1 saturated heterocycles. The number of halogens is 1. The molecule has 1 aliphatic heterocycles. The summed E-state index contributed by atoms with van der Waals surface area (Å²) in [5, 5.41) is 0.738. The van der Waals surface area contributed by atoms with Gasteiger partial charge in [0.25, 0.3) is 0 Å². The average Bonchev–Trinajstić information content (AvgIpc) is 2.67. The van der Waals surface area contributed by atoms with Gasteiger partial charge in [-0.15, -0.1) is 0 Å². The van der Waals surface area contributed by atoms with Gasteiger partial charge in [-0.2, -0.15) is 0 Å². The Labute approximate surface area is 116 Å². The summed E-state index contributed by atoms with van der Waals surface area (Å²) in [6.07, 6.45) is 2.40. The van der Waals surface area contributed by atoms with Gasteiger partial charge >= 0.3 is 0 Å². The quantitative estimate of drug-likeness (QED) is 0.807. The van der Waals surface area contributed by atoms with Crippen LogP contribution in [-0.2, 0) is 0 Å². The Kier molecular flexibility index (Phi) is 3.18. The van der Waals surface area contributed by atoms with E-state index in [1.807, 2.05) is 12.1 Å². The van der Waals surface area contributed by atoms with Crippen LogP contribution in [0.5, 0.6) is 0 Å². The minimum Gasteiger partial charge on any atom is -0.329 e. The molecule has 1 aromatic heterocycles. The second-order valence-corrected chi connectivity index (χ2v) is 5.79. The monoisotopic (exact) mass is 281 g/mol. The average molecular weight is 282 g/mol. The fraction of sp³-hybridized carbons (Fsp3) is 0.462. The first-order valence-electron chi connectivity index (χ1n) is 6.24. The van der Waals surface area contributed by atoms with Gasteiger partial charge < -0.3 is 14.5 Å². The summed E-state index contributed by atoms with van der Waals surface area (Å²) >= 11 is 11.7. The largest absolute Gasteiger partial charge is 0.329 e. The Balaban J connectivity index is 2.14. The molecule has 1 unspecified atom stereocenters. The third kappa shape index (κ3) is 1.98. The Morgan fingerprint density at radius 1 is 1.44 bits per heavy atom. The fourth-order valence-electron chi connectivity index (χ4n) is 2.83. The summed E-state index contributed by atoms with van der Waals surface area (Å²) in [6, 6.07) is 6.41. The van der Waals surface area contributed by atoms with E-state index in [2.05, 4.69) is 27.6 Å². The molecular formula is C13H16ClN3S. The van der Waals surface area contributed by atoms with Crippen molar-refractivity contribution in [1.29, 1.82) is 0 Å². The Hall–Kier alpha value is -0.840. The molecule has 3 nitrogen and oxygen atoms in total. The van der Waals surface area contributed by atoms with Gasteiger partial charge in [0.2, 0.25) is 0 Å². The number of H-pyrrole nitrogens is 1. The molecule has 2 heterocycles. The summed E-state index contributed by atoms with van der Waals surface area (Å²) in [4.78, 5) is 5.60. The summed E-state index contributed by atoms with van der Waals surface area (Å²) in [7, 11) is 2.16. The number of hydrogen-bond acceptors (Lipinski definition) is 2. The van der Waals surface area contributed by atoms with Gasteiger partial charge in [-0.25, -0.2) is 0 Å². The molecule has 18 heavy (non-hydrogen) atoms. The van der Waals surface area contributed by atoms with Crippen LogP contribution in [0, 0.1) is 4.77 Å². The topological polar surface area (TPSA) is 24.0 Å². The SMILES string of the molecule is CN1CCCC(n2c(=S)[nH]c3c(Cl)cccc32)C1. The molecule has 0 amide bonds. The van der Waals surface area contributed by atoms with E-state index in [0.29, 0.717) is 6.04 Å². The fourth-order valence-corrected chi connectivity index (χ4v) is 3.39. The van der Waals surface area contributed by atoms with E-state index < -0.39 is 0 Å². The molecule has 2 aromatic rings. The molecule has 1 N–H and O–H groups in total. The number of benzene rings is 1. The normalized spacial score (nSPS) is 21.6. The Morgan fingerprint density at radius 3 is 3.06 bits per heavy atom. The zero-order valence-electron chi connectivity index (χ0n) is 10.3. The molecule has 1 fully saturated rings. The number of aromatic nitrogens is 2. The lowest BCUT2D eigenvalue weighted by molar-refractivity contribution is 0.214. The lowest BCUT2D eigenvalue weighted by Crippen LogP contribution is -2.33. The van der Waals surface area contributed by atoms with Crippen LogP contribution in [0.25, 0.3) is 11.0 Å². The third-order valence-corrected chi connectivity index (χ3v) is 4.28. The maximum atomic E-state index is 6.21. The number of para-hydroxylation sites is 1. The van der Waals surface area contributed by atoms with Crippen LogP contribution >= 0.6 is 23.8 Å². The van der Waals surface area contributed by atoms with Crippen molar-refractivity contribution < 1.29 is 0 Å². The van der Waals surface area contributed by atoms with Crippen LogP contribution in [0.2, 0.25) is 5.02 Å². The van der Waals surface area contributed by atoms with Gasteiger partial charge in [-0.1, -0.05) is 17.7 Å². The second-order valence-electron chi connectivity index (χ2n) is 4.99.